The number of aliphatic hydroxyl groups is 1. The summed E-state index contributed by atoms with van der Waals surface area (Å²) in [4.78, 5) is 2.41. The first-order valence-corrected chi connectivity index (χ1v) is 3.76. The molecule has 0 radical (unpaired) electrons. The van der Waals surface area contributed by atoms with Crippen LogP contribution in [0.5, 0.6) is 0 Å². The first kappa shape index (κ1) is 10.2. The molecule has 0 aliphatic carbocycles. The SMILES string of the molecule is Cl.OCCCN1CCCC1. The van der Waals surface area contributed by atoms with Crippen molar-refractivity contribution in [1.29, 1.82) is 0 Å². The van der Waals surface area contributed by atoms with Crippen molar-refractivity contribution in [3.63, 3.8) is 0 Å². The van der Waals surface area contributed by atoms with Crippen molar-refractivity contribution in [3.05, 3.63) is 0 Å². The van der Waals surface area contributed by atoms with Gasteiger partial charge in [0.2, 0.25) is 0 Å². The zero-order chi connectivity index (χ0) is 6.53. The van der Waals surface area contributed by atoms with Crippen LogP contribution in [0.15, 0.2) is 0 Å². The van der Waals surface area contributed by atoms with Crippen LogP contribution in [0.25, 0.3) is 0 Å². The van der Waals surface area contributed by atoms with Crippen molar-refractivity contribution in [2.75, 3.05) is 26.2 Å². The lowest BCUT2D eigenvalue weighted by Gasteiger charge is -2.12. The second-order valence-electron chi connectivity index (χ2n) is 2.63. The predicted molar refractivity (Wildman–Crippen MR) is 44.6 cm³/mol. The highest BCUT2D eigenvalue weighted by molar-refractivity contribution is 5.85. The third kappa shape index (κ3) is 3.40. The molecular weight excluding hydrogens is 150 g/mol. The van der Waals surface area contributed by atoms with E-state index in [0.717, 1.165) is 13.0 Å². The summed E-state index contributed by atoms with van der Waals surface area (Å²) in [6.07, 6.45) is 3.65. The lowest BCUT2D eigenvalue weighted by atomic mass is 10.4. The van der Waals surface area contributed by atoms with E-state index in [1.165, 1.54) is 25.9 Å². The lowest BCUT2D eigenvalue weighted by molar-refractivity contribution is 0.248. The lowest BCUT2D eigenvalue weighted by Crippen LogP contribution is -2.20. The predicted octanol–water partition coefficient (Wildman–Crippen LogP) is 0.886. The van der Waals surface area contributed by atoms with Crippen molar-refractivity contribution in [2.24, 2.45) is 0 Å². The Morgan fingerprint density at radius 1 is 1.20 bits per heavy atom. The summed E-state index contributed by atoms with van der Waals surface area (Å²) in [5, 5.41) is 8.50. The van der Waals surface area contributed by atoms with Crippen LogP contribution in [0.4, 0.5) is 0 Å². The summed E-state index contributed by atoms with van der Waals surface area (Å²) >= 11 is 0. The van der Waals surface area contributed by atoms with Crippen molar-refractivity contribution >= 4 is 12.4 Å². The van der Waals surface area contributed by atoms with Gasteiger partial charge in [0.05, 0.1) is 0 Å². The molecule has 1 aliphatic heterocycles. The number of hydrogen-bond acceptors (Lipinski definition) is 2. The van der Waals surface area contributed by atoms with Gasteiger partial charge in [-0.1, -0.05) is 0 Å². The van der Waals surface area contributed by atoms with Gasteiger partial charge in [-0.25, -0.2) is 0 Å². The Bertz CT molecular complexity index is 74.0. The molecule has 0 spiro atoms. The fourth-order valence-corrected chi connectivity index (χ4v) is 1.30. The molecule has 0 bridgehead atoms. The molecule has 0 unspecified atom stereocenters. The molecule has 0 aromatic rings. The van der Waals surface area contributed by atoms with Crippen molar-refractivity contribution in [2.45, 2.75) is 19.3 Å². The number of halogens is 1. The maximum absolute atomic E-state index is 8.50. The van der Waals surface area contributed by atoms with Crippen molar-refractivity contribution in [3.8, 4) is 0 Å². The highest BCUT2D eigenvalue weighted by atomic mass is 35.5. The normalized spacial score (nSPS) is 18.9. The fourth-order valence-electron chi connectivity index (χ4n) is 1.30. The van der Waals surface area contributed by atoms with Gasteiger partial charge in [0.25, 0.3) is 0 Å². The summed E-state index contributed by atoms with van der Waals surface area (Å²) in [5.74, 6) is 0. The van der Waals surface area contributed by atoms with Crippen LogP contribution in [-0.2, 0) is 0 Å². The van der Waals surface area contributed by atoms with Gasteiger partial charge in [0, 0.05) is 13.2 Å². The average molecular weight is 166 g/mol. The van der Waals surface area contributed by atoms with E-state index in [9.17, 15) is 0 Å². The van der Waals surface area contributed by atoms with Crippen LogP contribution in [0, 0.1) is 0 Å². The van der Waals surface area contributed by atoms with Crippen LogP contribution in [0.3, 0.4) is 0 Å². The molecule has 1 aliphatic rings. The Morgan fingerprint density at radius 3 is 2.30 bits per heavy atom. The van der Waals surface area contributed by atoms with Gasteiger partial charge in [-0.2, -0.15) is 0 Å². The van der Waals surface area contributed by atoms with Crippen molar-refractivity contribution in [1.82, 2.24) is 4.90 Å². The van der Waals surface area contributed by atoms with E-state index in [2.05, 4.69) is 4.90 Å². The first-order chi connectivity index (χ1) is 4.43. The molecule has 0 aromatic carbocycles. The Hall–Kier alpha value is 0.210. The Balaban J connectivity index is 0.000000810. The average Bonchev–Trinajstić information content (AvgIpc) is 2.34. The van der Waals surface area contributed by atoms with E-state index in [4.69, 9.17) is 5.11 Å². The van der Waals surface area contributed by atoms with E-state index < -0.39 is 0 Å². The molecule has 0 amide bonds. The van der Waals surface area contributed by atoms with E-state index >= 15 is 0 Å². The molecule has 1 heterocycles. The second-order valence-corrected chi connectivity index (χ2v) is 2.63. The molecule has 3 heteroatoms. The quantitative estimate of drug-likeness (QED) is 0.672. The smallest absolute Gasteiger partial charge is 0.0443 e. The number of likely N-dealkylation sites (tertiary alicyclic amines) is 1. The van der Waals surface area contributed by atoms with Gasteiger partial charge in [-0.15, -0.1) is 12.4 Å². The Kier molecular flexibility index (Phi) is 6.08. The van der Waals surface area contributed by atoms with Gasteiger partial charge in [0.1, 0.15) is 0 Å². The monoisotopic (exact) mass is 165 g/mol. The largest absolute Gasteiger partial charge is 0.396 e. The molecule has 1 N–H and O–H groups in total. The molecule has 0 saturated carbocycles. The van der Waals surface area contributed by atoms with E-state index in [0.29, 0.717) is 6.61 Å². The molecule has 1 saturated heterocycles. The van der Waals surface area contributed by atoms with Crippen LogP contribution in [0.2, 0.25) is 0 Å². The van der Waals surface area contributed by atoms with Crippen molar-refractivity contribution < 1.29 is 5.11 Å². The number of nitrogens with zero attached hydrogens (tertiary/aromatic N) is 1. The Labute approximate surface area is 68.6 Å². The molecule has 1 rings (SSSR count). The topological polar surface area (TPSA) is 23.5 Å². The highest BCUT2D eigenvalue weighted by Crippen LogP contribution is 2.06. The Morgan fingerprint density at radius 2 is 1.80 bits per heavy atom. The first-order valence-electron chi connectivity index (χ1n) is 3.76. The summed E-state index contributed by atoms with van der Waals surface area (Å²) in [5.41, 5.74) is 0. The number of rotatable bonds is 3. The third-order valence-electron chi connectivity index (χ3n) is 1.83. The van der Waals surface area contributed by atoms with Gasteiger partial charge in [-0.3, -0.25) is 0 Å². The van der Waals surface area contributed by atoms with E-state index in [-0.39, 0.29) is 12.4 Å². The van der Waals surface area contributed by atoms with Gasteiger partial charge < -0.3 is 10.0 Å². The minimum Gasteiger partial charge on any atom is -0.396 e. The zero-order valence-corrected chi connectivity index (χ0v) is 7.07. The second kappa shape index (κ2) is 5.96. The maximum Gasteiger partial charge on any atom is 0.0443 e. The number of aliphatic hydroxyl groups excluding tert-OH is 1. The summed E-state index contributed by atoms with van der Waals surface area (Å²) in [6, 6.07) is 0. The molecular formula is C7H16ClNO. The molecule has 10 heavy (non-hydrogen) atoms. The third-order valence-corrected chi connectivity index (χ3v) is 1.83. The molecule has 1 fully saturated rings. The maximum atomic E-state index is 8.50. The summed E-state index contributed by atoms with van der Waals surface area (Å²) in [7, 11) is 0. The van der Waals surface area contributed by atoms with Crippen LogP contribution < -0.4 is 0 Å². The van der Waals surface area contributed by atoms with Crippen LogP contribution in [-0.4, -0.2) is 36.2 Å². The van der Waals surface area contributed by atoms with Crippen LogP contribution >= 0.6 is 12.4 Å². The fraction of sp³-hybridized carbons (Fsp3) is 1.00. The minimum absolute atomic E-state index is 0. The van der Waals surface area contributed by atoms with Gasteiger partial charge in [0.15, 0.2) is 0 Å². The summed E-state index contributed by atoms with van der Waals surface area (Å²) < 4.78 is 0. The zero-order valence-electron chi connectivity index (χ0n) is 6.25. The van der Waals surface area contributed by atoms with Gasteiger partial charge >= 0.3 is 0 Å². The molecule has 0 atom stereocenters. The van der Waals surface area contributed by atoms with E-state index in [1.807, 2.05) is 0 Å². The van der Waals surface area contributed by atoms with Gasteiger partial charge in [-0.05, 0) is 32.4 Å². The standard InChI is InChI=1S/C7H15NO.ClH/c9-7-3-6-8-4-1-2-5-8;/h9H,1-7H2;1H. The van der Waals surface area contributed by atoms with E-state index in [1.54, 1.807) is 0 Å². The molecule has 62 valence electrons. The number of hydrogen-bond donors (Lipinski definition) is 1. The molecule has 0 aromatic heterocycles. The van der Waals surface area contributed by atoms with Crippen LogP contribution in [0.1, 0.15) is 19.3 Å². The molecule has 2 nitrogen and oxygen atoms in total. The highest BCUT2D eigenvalue weighted by Gasteiger charge is 2.09. The minimum atomic E-state index is 0. The summed E-state index contributed by atoms with van der Waals surface area (Å²) in [6.45, 7) is 3.94.